The lowest BCUT2D eigenvalue weighted by molar-refractivity contribution is -1.09. The first-order chi connectivity index (χ1) is 3.96. The molecule has 0 saturated carbocycles. The minimum absolute atomic E-state index is 0.250. The van der Waals surface area contributed by atoms with Crippen molar-refractivity contribution in [2.45, 2.75) is 19.6 Å². The van der Waals surface area contributed by atoms with Gasteiger partial charge in [-0.05, 0) is 0 Å². The van der Waals surface area contributed by atoms with E-state index in [0.29, 0.717) is 4.65 Å². The van der Waals surface area contributed by atoms with Crippen molar-refractivity contribution in [3.8, 4) is 0 Å². The number of hydrogen-bond donors (Lipinski definition) is 0. The molecule has 0 atom stereocenters. The van der Waals surface area contributed by atoms with E-state index < -0.39 is 0 Å². The van der Waals surface area contributed by atoms with Gasteiger partial charge in [0.1, 0.15) is 0 Å². The van der Waals surface area contributed by atoms with Crippen molar-refractivity contribution >= 4 is 7.69 Å². The quantitative estimate of drug-likeness (QED) is 0.345. The number of quaternary nitrogens is 1. The van der Waals surface area contributed by atoms with E-state index in [1.165, 1.54) is 7.69 Å². The Morgan fingerprint density at radius 1 is 1.33 bits per heavy atom. The molecule has 0 aliphatic carbocycles. The summed E-state index contributed by atoms with van der Waals surface area (Å²) >= 11 is 0. The summed E-state index contributed by atoms with van der Waals surface area (Å²) in [7, 11) is 5.28. The van der Waals surface area contributed by atoms with Crippen LogP contribution in [-0.2, 0) is 9.41 Å². The van der Waals surface area contributed by atoms with Crippen molar-refractivity contribution in [3.05, 3.63) is 0 Å². The van der Waals surface area contributed by atoms with Gasteiger partial charge in [-0.1, -0.05) is 0 Å². The highest BCUT2D eigenvalue weighted by Gasteiger charge is 2.46. The van der Waals surface area contributed by atoms with E-state index in [2.05, 4.69) is 0 Å². The van der Waals surface area contributed by atoms with Crippen LogP contribution in [0.3, 0.4) is 0 Å². The summed E-state index contributed by atoms with van der Waals surface area (Å²) in [6, 6.07) is 0. The lowest BCUT2D eigenvalue weighted by atomic mass is 10.2. The molecule has 1 saturated heterocycles. The third-order valence-electron chi connectivity index (χ3n) is 1.94. The molecule has 0 unspecified atom stereocenters. The third-order valence-corrected chi connectivity index (χ3v) is 1.94. The molecule has 1 aliphatic rings. The van der Waals surface area contributed by atoms with Crippen molar-refractivity contribution in [1.29, 1.82) is 0 Å². The first kappa shape index (κ1) is 7.06. The van der Waals surface area contributed by atoms with Gasteiger partial charge in [0.2, 0.25) is 5.72 Å². The monoisotopic (exact) mass is 129 g/mol. The summed E-state index contributed by atoms with van der Waals surface area (Å²) in [5.74, 6) is 0. The second-order valence-electron chi connectivity index (χ2n) is 3.12. The second-order valence-corrected chi connectivity index (χ2v) is 3.12. The Kier molecular flexibility index (Phi) is 1.35. The topological polar surface area (TPSA) is 18.5 Å². The van der Waals surface area contributed by atoms with Gasteiger partial charge in [-0.2, -0.15) is 4.65 Å². The van der Waals surface area contributed by atoms with Crippen LogP contribution in [0.15, 0.2) is 0 Å². The number of hydrogen-bond acceptors (Lipinski definition) is 2. The first-order valence-corrected chi connectivity index (χ1v) is 2.98. The largest absolute Gasteiger partial charge is 0.567 e. The van der Waals surface area contributed by atoms with Gasteiger partial charge >= 0.3 is 7.69 Å². The Morgan fingerprint density at radius 3 is 2.00 bits per heavy atom. The lowest BCUT2D eigenvalue weighted by Gasteiger charge is -2.32. The van der Waals surface area contributed by atoms with E-state index in [1.807, 2.05) is 27.9 Å². The van der Waals surface area contributed by atoms with Crippen LogP contribution in [0.1, 0.15) is 13.8 Å². The minimum Gasteiger partial charge on any atom is -0.355 e. The summed E-state index contributed by atoms with van der Waals surface area (Å²) < 4.78 is 10.8. The zero-order chi connectivity index (χ0) is 7.12. The Morgan fingerprint density at radius 2 is 1.89 bits per heavy atom. The van der Waals surface area contributed by atoms with Crippen LogP contribution in [0, 0.1) is 0 Å². The van der Waals surface area contributed by atoms with E-state index in [9.17, 15) is 0 Å². The summed E-state index contributed by atoms with van der Waals surface area (Å²) in [6.45, 7) is 3.97. The molecule has 0 aromatic rings. The molecule has 1 rings (SSSR count). The van der Waals surface area contributed by atoms with Gasteiger partial charge in [-0.25, -0.2) is 4.76 Å². The van der Waals surface area contributed by atoms with E-state index in [4.69, 9.17) is 9.41 Å². The van der Waals surface area contributed by atoms with Crippen molar-refractivity contribution in [3.63, 3.8) is 0 Å². The van der Waals surface area contributed by atoms with Crippen molar-refractivity contribution < 1.29 is 14.1 Å². The molecule has 0 aromatic heterocycles. The fourth-order valence-corrected chi connectivity index (χ4v) is 0.501. The van der Waals surface area contributed by atoms with Gasteiger partial charge in [0.05, 0.1) is 14.1 Å². The van der Waals surface area contributed by atoms with Gasteiger partial charge in [-0.15, -0.1) is 0 Å². The minimum atomic E-state index is -0.250. The molecule has 3 nitrogen and oxygen atoms in total. The summed E-state index contributed by atoms with van der Waals surface area (Å²) in [4.78, 5) is 0. The average Bonchev–Trinajstić information content (AvgIpc) is 1.81. The molecule has 0 amide bonds. The SMILES string of the molecule is CC1(C)O[B]O[N+]1(C)C. The van der Waals surface area contributed by atoms with Crippen LogP contribution >= 0.6 is 0 Å². The molecule has 1 radical (unpaired) electrons. The zero-order valence-electron chi connectivity index (χ0n) is 6.34. The molecule has 1 heterocycles. The van der Waals surface area contributed by atoms with Gasteiger partial charge in [0, 0.05) is 13.8 Å². The maximum atomic E-state index is 5.18. The summed E-state index contributed by atoms with van der Waals surface area (Å²) in [5.41, 5.74) is -0.250. The number of nitrogens with zero attached hydrogens (tertiary/aromatic N) is 1. The van der Waals surface area contributed by atoms with Crippen LogP contribution < -0.4 is 0 Å². The fraction of sp³-hybridized carbons (Fsp3) is 1.00. The molecule has 4 heteroatoms. The van der Waals surface area contributed by atoms with Crippen molar-refractivity contribution in [1.82, 2.24) is 0 Å². The highest BCUT2D eigenvalue weighted by Crippen LogP contribution is 2.26. The van der Waals surface area contributed by atoms with Crippen LogP contribution in [0.4, 0.5) is 0 Å². The van der Waals surface area contributed by atoms with E-state index in [-0.39, 0.29) is 5.72 Å². The van der Waals surface area contributed by atoms with E-state index >= 15 is 0 Å². The van der Waals surface area contributed by atoms with Crippen LogP contribution in [-0.4, -0.2) is 32.2 Å². The van der Waals surface area contributed by atoms with Crippen LogP contribution in [0.2, 0.25) is 0 Å². The predicted molar refractivity (Wildman–Crippen MR) is 34.1 cm³/mol. The smallest absolute Gasteiger partial charge is 0.355 e. The molecule has 0 N–H and O–H groups in total. The van der Waals surface area contributed by atoms with Gasteiger partial charge in [0.15, 0.2) is 0 Å². The number of rotatable bonds is 0. The lowest BCUT2D eigenvalue weighted by Crippen LogP contribution is -2.50. The second kappa shape index (κ2) is 1.72. The zero-order valence-corrected chi connectivity index (χ0v) is 6.34. The Hall–Kier alpha value is -0.0551. The summed E-state index contributed by atoms with van der Waals surface area (Å²) in [6.07, 6.45) is 0. The Bertz CT molecular complexity index is 110. The average molecular weight is 129 g/mol. The molecule has 0 spiro atoms. The molecule has 1 fully saturated rings. The molecule has 9 heavy (non-hydrogen) atoms. The maximum Gasteiger partial charge on any atom is 0.567 e. The molecular weight excluding hydrogens is 117 g/mol. The van der Waals surface area contributed by atoms with Crippen LogP contribution in [0.5, 0.6) is 0 Å². The Balaban J connectivity index is 2.75. The normalized spacial score (nSPS) is 29.8. The molecule has 51 valence electrons. The molecule has 1 aliphatic heterocycles. The fourth-order valence-electron chi connectivity index (χ4n) is 0.501. The third kappa shape index (κ3) is 0.978. The molecular formula is C5H12BNO2+. The maximum absolute atomic E-state index is 5.18. The van der Waals surface area contributed by atoms with Crippen LogP contribution in [0.25, 0.3) is 0 Å². The first-order valence-electron chi connectivity index (χ1n) is 2.98. The molecule has 0 bridgehead atoms. The summed E-state index contributed by atoms with van der Waals surface area (Å²) in [5, 5.41) is 0. The van der Waals surface area contributed by atoms with E-state index in [0.717, 1.165) is 0 Å². The van der Waals surface area contributed by atoms with Gasteiger partial charge in [-0.3, -0.25) is 0 Å². The predicted octanol–water partition coefficient (Wildman–Crippen LogP) is 0.295. The molecule has 0 aromatic carbocycles. The highest BCUT2D eigenvalue weighted by molar-refractivity contribution is 6.18. The number of hydroxylamine groups is 3. The van der Waals surface area contributed by atoms with Crippen molar-refractivity contribution in [2.75, 3.05) is 14.1 Å². The standard InChI is InChI=1S/C5H12BNO2/c1-5(2)7(3,4)9-6-8-5/h1-4H3/q+1. The van der Waals surface area contributed by atoms with Gasteiger partial charge in [0.25, 0.3) is 0 Å². The van der Waals surface area contributed by atoms with Crippen molar-refractivity contribution in [2.24, 2.45) is 0 Å². The highest BCUT2D eigenvalue weighted by atomic mass is 16.8. The Labute approximate surface area is 56.4 Å². The van der Waals surface area contributed by atoms with E-state index in [1.54, 1.807) is 0 Å². The van der Waals surface area contributed by atoms with Gasteiger partial charge < -0.3 is 4.65 Å².